The van der Waals surface area contributed by atoms with E-state index >= 15 is 0 Å². The van der Waals surface area contributed by atoms with E-state index in [4.69, 9.17) is 0 Å². The van der Waals surface area contributed by atoms with Crippen LogP contribution in [0.5, 0.6) is 0 Å². The molecule has 0 aromatic heterocycles. The van der Waals surface area contributed by atoms with E-state index < -0.39 is 0 Å². The minimum absolute atomic E-state index is 0.446. The molecular weight excluding hydrogens is 196 g/mol. The van der Waals surface area contributed by atoms with Gasteiger partial charge in [0.15, 0.2) is 0 Å². The first-order valence-electron chi connectivity index (χ1n) is 6.86. The first-order valence-corrected chi connectivity index (χ1v) is 6.86. The molecule has 1 unspecified atom stereocenters. The van der Waals surface area contributed by atoms with Crippen molar-refractivity contribution < 1.29 is 0 Å². The van der Waals surface area contributed by atoms with Crippen LogP contribution in [-0.4, -0.2) is 47.6 Å². The van der Waals surface area contributed by atoms with Gasteiger partial charge in [-0.15, -0.1) is 0 Å². The summed E-state index contributed by atoms with van der Waals surface area (Å²) in [6.07, 6.45) is 5.73. The molecule has 0 aliphatic carbocycles. The number of fused-ring (bicyclic) bond motifs is 2. The molecule has 2 heteroatoms. The van der Waals surface area contributed by atoms with Crippen LogP contribution >= 0.6 is 0 Å². The van der Waals surface area contributed by atoms with Crippen molar-refractivity contribution in [3.63, 3.8) is 0 Å². The molecule has 0 saturated carbocycles. The third-order valence-corrected chi connectivity index (χ3v) is 5.59. The summed E-state index contributed by atoms with van der Waals surface area (Å²) in [6, 6.07) is 0. The Kier molecular flexibility index (Phi) is 2.09. The average molecular weight is 222 g/mol. The first-order chi connectivity index (χ1) is 7.40. The van der Waals surface area contributed by atoms with Gasteiger partial charge in [0, 0.05) is 24.2 Å². The maximum atomic E-state index is 2.92. The van der Waals surface area contributed by atoms with E-state index in [1.54, 1.807) is 0 Å². The quantitative estimate of drug-likeness (QED) is 0.621. The fourth-order valence-corrected chi connectivity index (χ4v) is 4.85. The van der Waals surface area contributed by atoms with Crippen LogP contribution in [0.4, 0.5) is 0 Å². The molecule has 3 saturated heterocycles. The third-order valence-electron chi connectivity index (χ3n) is 5.59. The van der Waals surface area contributed by atoms with Gasteiger partial charge in [-0.25, -0.2) is 0 Å². The second-order valence-corrected chi connectivity index (χ2v) is 7.43. The normalized spacial score (nSPS) is 39.0. The zero-order valence-electron chi connectivity index (χ0n) is 11.3. The van der Waals surface area contributed by atoms with Gasteiger partial charge in [-0.3, -0.25) is 4.90 Å². The Morgan fingerprint density at radius 3 is 2.25 bits per heavy atom. The van der Waals surface area contributed by atoms with E-state index in [0.29, 0.717) is 16.5 Å². The predicted molar refractivity (Wildman–Crippen MR) is 67.6 cm³/mol. The average Bonchev–Trinajstić information content (AvgIpc) is 2.62. The van der Waals surface area contributed by atoms with Gasteiger partial charge in [-0.1, -0.05) is 20.8 Å². The number of hydrogen-bond acceptors (Lipinski definition) is 2. The van der Waals surface area contributed by atoms with Crippen LogP contribution in [0.3, 0.4) is 0 Å². The Morgan fingerprint density at radius 2 is 1.69 bits per heavy atom. The van der Waals surface area contributed by atoms with Gasteiger partial charge in [0.25, 0.3) is 0 Å². The minimum Gasteiger partial charge on any atom is -0.303 e. The van der Waals surface area contributed by atoms with Crippen molar-refractivity contribution in [1.82, 2.24) is 9.80 Å². The zero-order chi connectivity index (χ0) is 11.6. The molecule has 3 heterocycles. The number of likely N-dealkylation sites (tertiary alicyclic amines) is 1. The Labute approximate surface area is 100.0 Å². The fourth-order valence-electron chi connectivity index (χ4n) is 4.85. The Hall–Kier alpha value is -0.0800. The van der Waals surface area contributed by atoms with Crippen LogP contribution in [0.2, 0.25) is 0 Å². The van der Waals surface area contributed by atoms with Crippen molar-refractivity contribution in [2.75, 3.05) is 26.7 Å². The van der Waals surface area contributed by atoms with E-state index in [0.717, 1.165) is 0 Å². The maximum Gasteiger partial charge on any atom is 0.0469 e. The van der Waals surface area contributed by atoms with Gasteiger partial charge in [-0.05, 0) is 44.7 Å². The SMILES string of the molecule is CN1CC2(CCC3(C(C)(C)C)CCCN23)C1. The summed E-state index contributed by atoms with van der Waals surface area (Å²) in [6.45, 7) is 11.3. The van der Waals surface area contributed by atoms with Crippen LogP contribution < -0.4 is 0 Å². The molecule has 1 atom stereocenters. The molecule has 0 bridgehead atoms. The van der Waals surface area contributed by atoms with Gasteiger partial charge in [0.1, 0.15) is 0 Å². The molecule has 0 N–H and O–H groups in total. The molecule has 3 aliphatic heterocycles. The van der Waals surface area contributed by atoms with E-state index in [9.17, 15) is 0 Å². The monoisotopic (exact) mass is 222 g/mol. The lowest BCUT2D eigenvalue weighted by molar-refractivity contribution is -0.0669. The van der Waals surface area contributed by atoms with E-state index in [1.165, 1.54) is 45.3 Å². The van der Waals surface area contributed by atoms with Crippen molar-refractivity contribution in [1.29, 1.82) is 0 Å². The van der Waals surface area contributed by atoms with E-state index in [-0.39, 0.29) is 0 Å². The second kappa shape index (κ2) is 3.02. The van der Waals surface area contributed by atoms with E-state index in [2.05, 4.69) is 37.6 Å². The molecule has 0 amide bonds. The van der Waals surface area contributed by atoms with Crippen LogP contribution in [0.1, 0.15) is 46.5 Å². The molecule has 3 rings (SSSR count). The summed E-state index contributed by atoms with van der Waals surface area (Å²) in [5.41, 5.74) is 1.54. The highest BCUT2D eigenvalue weighted by molar-refractivity contribution is 5.20. The Bertz CT molecular complexity index is 298. The molecule has 3 fully saturated rings. The lowest BCUT2D eigenvalue weighted by atomic mass is 9.71. The van der Waals surface area contributed by atoms with Crippen LogP contribution in [0.15, 0.2) is 0 Å². The number of rotatable bonds is 0. The van der Waals surface area contributed by atoms with Gasteiger partial charge in [0.2, 0.25) is 0 Å². The standard InChI is InChI=1S/C14H26N2/c1-12(2,3)14-6-5-9-16(14)13(7-8-14)10-15(4)11-13/h5-11H2,1-4H3. The minimum atomic E-state index is 0.446. The van der Waals surface area contributed by atoms with E-state index in [1.807, 2.05) is 0 Å². The highest BCUT2D eigenvalue weighted by Crippen LogP contribution is 2.57. The van der Waals surface area contributed by atoms with Crippen LogP contribution in [-0.2, 0) is 0 Å². The predicted octanol–water partition coefficient (Wildman–Crippen LogP) is 2.35. The second-order valence-electron chi connectivity index (χ2n) is 7.43. The fraction of sp³-hybridized carbons (Fsp3) is 1.00. The van der Waals surface area contributed by atoms with Gasteiger partial charge in [0.05, 0.1) is 0 Å². The molecule has 0 aromatic rings. The molecular formula is C14H26N2. The van der Waals surface area contributed by atoms with Crippen molar-refractivity contribution in [3.05, 3.63) is 0 Å². The van der Waals surface area contributed by atoms with Crippen molar-refractivity contribution >= 4 is 0 Å². The Balaban J connectivity index is 1.92. The third kappa shape index (κ3) is 1.15. The first kappa shape index (κ1) is 11.0. The highest BCUT2D eigenvalue weighted by Gasteiger charge is 2.63. The van der Waals surface area contributed by atoms with Gasteiger partial charge < -0.3 is 4.90 Å². The molecule has 3 aliphatic rings. The zero-order valence-corrected chi connectivity index (χ0v) is 11.3. The molecule has 1 spiro atoms. The van der Waals surface area contributed by atoms with Crippen molar-refractivity contribution in [2.45, 2.75) is 57.5 Å². The molecule has 0 radical (unpaired) electrons. The van der Waals surface area contributed by atoms with Crippen molar-refractivity contribution in [2.24, 2.45) is 5.41 Å². The molecule has 2 nitrogen and oxygen atoms in total. The number of nitrogens with zero attached hydrogens (tertiary/aromatic N) is 2. The summed E-state index contributed by atoms with van der Waals surface area (Å²) < 4.78 is 0. The smallest absolute Gasteiger partial charge is 0.0469 e. The van der Waals surface area contributed by atoms with Gasteiger partial charge in [-0.2, -0.15) is 0 Å². The summed E-state index contributed by atoms with van der Waals surface area (Å²) >= 11 is 0. The molecule has 16 heavy (non-hydrogen) atoms. The summed E-state index contributed by atoms with van der Waals surface area (Å²) in [7, 11) is 2.26. The molecule has 92 valence electrons. The highest BCUT2D eigenvalue weighted by atomic mass is 15.4. The Morgan fingerprint density at radius 1 is 1.00 bits per heavy atom. The summed E-state index contributed by atoms with van der Waals surface area (Å²) in [5, 5.41) is 0. The van der Waals surface area contributed by atoms with Crippen molar-refractivity contribution in [3.8, 4) is 0 Å². The summed E-state index contributed by atoms with van der Waals surface area (Å²) in [5.74, 6) is 0. The summed E-state index contributed by atoms with van der Waals surface area (Å²) in [4.78, 5) is 5.40. The van der Waals surface area contributed by atoms with Gasteiger partial charge >= 0.3 is 0 Å². The maximum absolute atomic E-state index is 2.92. The topological polar surface area (TPSA) is 6.48 Å². The molecule has 0 aromatic carbocycles. The van der Waals surface area contributed by atoms with Crippen LogP contribution in [0.25, 0.3) is 0 Å². The lowest BCUT2D eigenvalue weighted by Crippen LogP contribution is -2.69. The number of likely N-dealkylation sites (N-methyl/N-ethyl adjacent to an activating group) is 1. The largest absolute Gasteiger partial charge is 0.303 e. The number of hydrogen-bond donors (Lipinski definition) is 0. The lowest BCUT2D eigenvalue weighted by Gasteiger charge is -2.56. The van der Waals surface area contributed by atoms with Crippen LogP contribution in [0, 0.1) is 5.41 Å².